The second-order valence-electron chi connectivity index (χ2n) is 8.41. The van der Waals surface area contributed by atoms with Gasteiger partial charge in [-0.15, -0.1) is 0 Å². The zero-order valence-electron chi connectivity index (χ0n) is 19.2. The molecule has 0 aliphatic carbocycles. The van der Waals surface area contributed by atoms with E-state index in [0.717, 1.165) is 11.1 Å². The molecular formula is C24H29N3O5S. The number of nitrogens with zero attached hydrogens (tertiary/aromatic N) is 2. The van der Waals surface area contributed by atoms with Crippen molar-refractivity contribution in [2.45, 2.75) is 57.6 Å². The first-order valence-electron chi connectivity index (χ1n) is 10.9. The van der Waals surface area contributed by atoms with Crippen LogP contribution in [0.15, 0.2) is 53.4 Å². The van der Waals surface area contributed by atoms with E-state index in [1.807, 2.05) is 45.0 Å². The number of rotatable bonds is 8. The number of sulfonamides is 1. The van der Waals surface area contributed by atoms with Crippen molar-refractivity contribution in [3.63, 3.8) is 0 Å². The van der Waals surface area contributed by atoms with Crippen LogP contribution in [0.2, 0.25) is 0 Å². The summed E-state index contributed by atoms with van der Waals surface area (Å²) in [6.45, 7) is 6.79. The number of amides is 3. The lowest BCUT2D eigenvalue weighted by molar-refractivity contribution is -0.141. The number of carbonyl (C=O) groups excluding carboxylic acids is 3. The van der Waals surface area contributed by atoms with E-state index in [2.05, 4.69) is 5.32 Å². The summed E-state index contributed by atoms with van der Waals surface area (Å²) in [6.07, 6.45) is 0.330. The van der Waals surface area contributed by atoms with Gasteiger partial charge in [-0.05, 0) is 44.9 Å². The van der Waals surface area contributed by atoms with Gasteiger partial charge >= 0.3 is 0 Å². The normalized spacial score (nSPS) is 15.3. The molecule has 1 N–H and O–H groups in total. The van der Waals surface area contributed by atoms with Crippen molar-refractivity contribution >= 4 is 27.7 Å². The second-order valence-corrected chi connectivity index (χ2v) is 10.2. The van der Waals surface area contributed by atoms with Crippen molar-refractivity contribution in [1.82, 2.24) is 14.5 Å². The minimum Gasteiger partial charge on any atom is -0.352 e. The minimum absolute atomic E-state index is 0.0418. The van der Waals surface area contributed by atoms with Crippen LogP contribution in [-0.2, 0) is 26.2 Å². The molecule has 2 aromatic carbocycles. The molecule has 1 atom stereocenters. The zero-order chi connectivity index (χ0) is 24.3. The van der Waals surface area contributed by atoms with Gasteiger partial charge < -0.3 is 10.2 Å². The Morgan fingerprint density at radius 1 is 1.09 bits per heavy atom. The fraction of sp³-hybridized carbons (Fsp3) is 0.375. The molecule has 1 heterocycles. The fourth-order valence-electron chi connectivity index (χ4n) is 3.91. The molecule has 0 saturated carbocycles. The van der Waals surface area contributed by atoms with Crippen LogP contribution in [0.25, 0.3) is 0 Å². The van der Waals surface area contributed by atoms with Gasteiger partial charge in [-0.2, -0.15) is 0 Å². The van der Waals surface area contributed by atoms with Gasteiger partial charge in [-0.1, -0.05) is 48.9 Å². The maximum Gasteiger partial charge on any atom is 0.269 e. The van der Waals surface area contributed by atoms with Crippen LogP contribution in [0.3, 0.4) is 0 Å². The van der Waals surface area contributed by atoms with Crippen molar-refractivity contribution in [3.05, 3.63) is 65.2 Å². The lowest BCUT2D eigenvalue weighted by Crippen LogP contribution is -2.53. The van der Waals surface area contributed by atoms with Crippen LogP contribution in [0.1, 0.15) is 48.7 Å². The molecule has 3 amide bonds. The van der Waals surface area contributed by atoms with Crippen molar-refractivity contribution < 1.29 is 22.8 Å². The zero-order valence-corrected chi connectivity index (χ0v) is 20.1. The Kier molecular flexibility index (Phi) is 7.22. The molecule has 3 rings (SSSR count). The van der Waals surface area contributed by atoms with E-state index >= 15 is 0 Å². The summed E-state index contributed by atoms with van der Waals surface area (Å²) < 4.78 is 26.5. The van der Waals surface area contributed by atoms with E-state index in [9.17, 15) is 22.8 Å². The summed E-state index contributed by atoms with van der Waals surface area (Å²) in [6, 6.07) is 12.5. The van der Waals surface area contributed by atoms with E-state index in [4.69, 9.17) is 0 Å². The van der Waals surface area contributed by atoms with Gasteiger partial charge in [0.1, 0.15) is 17.5 Å². The number of benzene rings is 2. The molecule has 9 heteroatoms. The summed E-state index contributed by atoms with van der Waals surface area (Å²) in [5.74, 6) is -1.69. The molecule has 0 aromatic heterocycles. The first kappa shape index (κ1) is 24.4. The number of carbonyl (C=O) groups is 3. The maximum absolute atomic E-state index is 13.5. The van der Waals surface area contributed by atoms with Crippen molar-refractivity contribution in [2.75, 3.05) is 6.54 Å². The summed E-state index contributed by atoms with van der Waals surface area (Å²) in [5, 5.41) is 2.83. The number of hydrogen-bond acceptors (Lipinski definition) is 5. The van der Waals surface area contributed by atoms with E-state index in [1.54, 1.807) is 13.0 Å². The summed E-state index contributed by atoms with van der Waals surface area (Å²) in [5.41, 5.74) is 1.84. The highest BCUT2D eigenvalue weighted by Crippen LogP contribution is 2.30. The molecule has 0 radical (unpaired) electrons. The van der Waals surface area contributed by atoms with Crippen LogP contribution < -0.4 is 5.32 Å². The lowest BCUT2D eigenvalue weighted by Gasteiger charge is -2.32. The third-order valence-electron chi connectivity index (χ3n) is 5.44. The molecule has 0 bridgehead atoms. The molecule has 1 aliphatic rings. The standard InChI is InChI=1S/C24H29N3O5S/c1-5-20(23(29)25-16(2)3)26(14-18-10-8-9-17(4)13-18)22(28)15-27-24(30)19-11-6-7-12-21(19)33(27,31)32/h6-13,16,20H,5,14-15H2,1-4H3,(H,25,29)/t20-/m0/s1. The number of hydrogen-bond donors (Lipinski definition) is 1. The SMILES string of the molecule is CC[C@@H](C(=O)NC(C)C)N(Cc1cccc(C)c1)C(=O)CN1C(=O)c2ccccc2S1(=O)=O. The Morgan fingerprint density at radius 3 is 2.39 bits per heavy atom. The molecule has 0 unspecified atom stereocenters. The van der Waals surface area contributed by atoms with Crippen molar-refractivity contribution in [3.8, 4) is 0 Å². The predicted octanol–water partition coefficient (Wildman–Crippen LogP) is 2.47. The highest BCUT2D eigenvalue weighted by Gasteiger charge is 2.43. The fourth-order valence-corrected chi connectivity index (χ4v) is 5.43. The third kappa shape index (κ3) is 5.08. The minimum atomic E-state index is -4.14. The molecule has 176 valence electrons. The summed E-state index contributed by atoms with van der Waals surface area (Å²) in [7, 11) is -4.14. The molecule has 2 aromatic rings. The molecule has 8 nitrogen and oxygen atoms in total. The average Bonchev–Trinajstić information content (AvgIpc) is 2.94. The van der Waals surface area contributed by atoms with Crippen LogP contribution in [0, 0.1) is 6.92 Å². The maximum atomic E-state index is 13.5. The first-order valence-corrected chi connectivity index (χ1v) is 12.3. The van der Waals surface area contributed by atoms with Gasteiger partial charge in [0.05, 0.1) is 5.56 Å². The molecule has 1 aliphatic heterocycles. The van der Waals surface area contributed by atoms with Gasteiger partial charge in [-0.25, -0.2) is 12.7 Å². The lowest BCUT2D eigenvalue weighted by atomic mass is 10.1. The van der Waals surface area contributed by atoms with Gasteiger partial charge in [0.2, 0.25) is 11.8 Å². The van der Waals surface area contributed by atoms with E-state index in [0.29, 0.717) is 10.7 Å². The van der Waals surface area contributed by atoms with Crippen LogP contribution in [-0.4, -0.2) is 54.0 Å². The van der Waals surface area contributed by atoms with Crippen LogP contribution in [0.4, 0.5) is 0 Å². The Labute approximate surface area is 194 Å². The Hall–Kier alpha value is -3.20. The van der Waals surface area contributed by atoms with Gasteiger partial charge in [0.25, 0.3) is 15.9 Å². The largest absolute Gasteiger partial charge is 0.352 e. The highest BCUT2D eigenvalue weighted by atomic mass is 32.2. The number of nitrogens with one attached hydrogen (secondary N) is 1. The molecule has 0 spiro atoms. The van der Waals surface area contributed by atoms with E-state index in [1.165, 1.54) is 23.1 Å². The van der Waals surface area contributed by atoms with Gasteiger partial charge in [0, 0.05) is 12.6 Å². The Morgan fingerprint density at radius 2 is 1.79 bits per heavy atom. The van der Waals surface area contributed by atoms with Gasteiger partial charge in [-0.3, -0.25) is 14.4 Å². The first-order chi connectivity index (χ1) is 15.6. The van der Waals surface area contributed by atoms with Crippen LogP contribution >= 0.6 is 0 Å². The topological polar surface area (TPSA) is 104 Å². The number of fused-ring (bicyclic) bond motifs is 1. The van der Waals surface area contributed by atoms with E-state index in [-0.39, 0.29) is 29.0 Å². The quantitative estimate of drug-likeness (QED) is 0.637. The highest BCUT2D eigenvalue weighted by molar-refractivity contribution is 7.90. The van der Waals surface area contributed by atoms with E-state index < -0.39 is 34.4 Å². The second kappa shape index (κ2) is 9.74. The molecule has 0 saturated heterocycles. The molecule has 33 heavy (non-hydrogen) atoms. The average molecular weight is 472 g/mol. The number of aryl methyl sites for hydroxylation is 1. The molecular weight excluding hydrogens is 442 g/mol. The molecule has 0 fully saturated rings. The summed E-state index contributed by atoms with van der Waals surface area (Å²) >= 11 is 0. The summed E-state index contributed by atoms with van der Waals surface area (Å²) in [4.78, 5) is 40.4. The predicted molar refractivity (Wildman–Crippen MR) is 124 cm³/mol. The van der Waals surface area contributed by atoms with Gasteiger partial charge in [0.15, 0.2) is 0 Å². The third-order valence-corrected chi connectivity index (χ3v) is 7.23. The van der Waals surface area contributed by atoms with Crippen molar-refractivity contribution in [2.24, 2.45) is 0 Å². The Balaban J connectivity index is 1.93. The smallest absolute Gasteiger partial charge is 0.269 e. The van der Waals surface area contributed by atoms with Crippen molar-refractivity contribution in [1.29, 1.82) is 0 Å². The Bertz CT molecular complexity index is 1180. The van der Waals surface area contributed by atoms with Crippen LogP contribution in [0.5, 0.6) is 0 Å². The monoisotopic (exact) mass is 471 g/mol.